The van der Waals surface area contributed by atoms with Crippen molar-refractivity contribution in [2.24, 2.45) is 7.05 Å². The van der Waals surface area contributed by atoms with Crippen molar-refractivity contribution in [2.75, 3.05) is 19.5 Å². The van der Waals surface area contributed by atoms with Gasteiger partial charge in [-0.25, -0.2) is 9.97 Å². The predicted molar refractivity (Wildman–Crippen MR) is 161 cm³/mol. The van der Waals surface area contributed by atoms with Gasteiger partial charge in [0.1, 0.15) is 11.4 Å². The topological polar surface area (TPSA) is 103 Å². The first-order valence-corrected chi connectivity index (χ1v) is 13.0. The van der Waals surface area contributed by atoms with Gasteiger partial charge in [-0.05, 0) is 46.4 Å². The number of hydrogen-bond acceptors (Lipinski definition) is 7. The van der Waals surface area contributed by atoms with E-state index >= 15 is 0 Å². The smallest absolute Gasteiger partial charge is 0.269 e. The molecular weight excluding hydrogens is 523 g/mol. The zero-order valence-electron chi connectivity index (χ0n) is 23.7. The third-order valence-corrected chi connectivity index (χ3v) is 6.71. The molecule has 9 nitrogen and oxygen atoms in total. The summed E-state index contributed by atoms with van der Waals surface area (Å²) >= 11 is 0. The van der Waals surface area contributed by atoms with Crippen molar-refractivity contribution in [2.45, 2.75) is 26.2 Å². The molecule has 5 aromatic rings. The highest BCUT2D eigenvalue weighted by molar-refractivity contribution is 5.92. The molecule has 0 aliphatic rings. The molecule has 0 saturated carbocycles. The Morgan fingerprint density at radius 1 is 1.00 bits per heavy atom. The molecule has 0 saturated heterocycles. The Hall–Kier alpha value is -4.99. The number of halogens is 1. The second-order valence-corrected chi connectivity index (χ2v) is 10.5. The monoisotopic (exact) mass is 558 g/mol. The molecule has 0 unspecified atom stereocenters. The van der Waals surface area contributed by atoms with Crippen LogP contribution in [-0.2, 0) is 12.5 Å². The van der Waals surface area contributed by atoms with E-state index in [1.165, 1.54) is 18.5 Å². The lowest BCUT2D eigenvalue weighted by molar-refractivity contribution is 0.0958. The number of aryl methyl sites for hydroxylation is 1. The Balaban J connectivity index is 0.00000253. The molecule has 2 N–H and O–H groups in total. The fourth-order valence-corrected chi connectivity index (χ4v) is 4.62. The molecule has 0 spiro atoms. The molecule has 10 heteroatoms. The molecule has 0 aliphatic carbocycles. The van der Waals surface area contributed by atoms with E-state index in [0.29, 0.717) is 28.7 Å². The van der Waals surface area contributed by atoms with Gasteiger partial charge in [-0.3, -0.25) is 9.78 Å². The van der Waals surface area contributed by atoms with Gasteiger partial charge in [0.15, 0.2) is 11.5 Å². The normalized spacial score (nSPS) is 11.4. The zero-order valence-corrected chi connectivity index (χ0v) is 23.7. The van der Waals surface area contributed by atoms with Gasteiger partial charge in [0.05, 0.1) is 18.1 Å². The zero-order chi connectivity index (χ0) is 29.3. The summed E-state index contributed by atoms with van der Waals surface area (Å²) in [7, 11) is 5.00. The van der Waals surface area contributed by atoms with Crippen molar-refractivity contribution in [3.63, 3.8) is 0 Å². The molecule has 2 aromatic carbocycles. The number of imidazole rings is 1. The van der Waals surface area contributed by atoms with Gasteiger partial charge in [-0.2, -0.15) is 4.39 Å². The van der Waals surface area contributed by atoms with E-state index in [-0.39, 0.29) is 19.9 Å². The lowest BCUT2D eigenvalue weighted by atomic mass is 9.82. The SMILES string of the molecule is CNC(=O)c1cc(Oc2cc3nc(Nc4ccc(C(C)(C)C)c(-c5ccnc(F)c5)c4)n(C)c3cc2OC)ccn1.[HH].[HH]. The Bertz CT molecular complexity index is 1770. The molecule has 3 aromatic heterocycles. The Morgan fingerprint density at radius 3 is 2.49 bits per heavy atom. The number of nitrogens with zero attached hydrogens (tertiary/aromatic N) is 4. The third kappa shape index (κ3) is 5.67. The molecule has 0 fully saturated rings. The molecule has 1 amide bonds. The molecule has 5 rings (SSSR count). The first-order valence-electron chi connectivity index (χ1n) is 13.0. The third-order valence-electron chi connectivity index (χ3n) is 6.71. The Labute approximate surface area is 240 Å². The number of carbonyl (C=O) groups excluding carboxylic acids is 1. The van der Waals surface area contributed by atoms with E-state index in [1.54, 1.807) is 38.4 Å². The number of carbonyl (C=O) groups is 1. The summed E-state index contributed by atoms with van der Waals surface area (Å²) in [6.45, 7) is 6.38. The Morgan fingerprint density at radius 2 is 1.78 bits per heavy atom. The van der Waals surface area contributed by atoms with Crippen molar-refractivity contribution < 1.29 is 21.5 Å². The quantitative estimate of drug-likeness (QED) is 0.210. The fourth-order valence-electron chi connectivity index (χ4n) is 4.62. The van der Waals surface area contributed by atoms with Crippen LogP contribution in [0.4, 0.5) is 16.0 Å². The number of amides is 1. The van der Waals surface area contributed by atoms with Gasteiger partial charge in [0.25, 0.3) is 5.91 Å². The largest absolute Gasteiger partial charge is 0.493 e. The van der Waals surface area contributed by atoms with Gasteiger partial charge in [0.2, 0.25) is 11.9 Å². The van der Waals surface area contributed by atoms with Crippen LogP contribution in [0, 0.1) is 5.95 Å². The van der Waals surface area contributed by atoms with E-state index in [0.717, 1.165) is 27.9 Å². The molecule has 0 atom stereocenters. The standard InChI is InChI=1S/C31H31FN6O3.2H2/c1-31(2,3)22-8-7-19(14-21(22)18-9-11-35-28(32)13-18)36-30-37-23-16-27(26(40-6)17-25(23)38(30)5)41-20-10-12-34-24(15-20)29(39)33-4;;/h7-17H,1-6H3,(H,33,39)(H,36,37);2*1H. The highest BCUT2D eigenvalue weighted by Crippen LogP contribution is 2.38. The number of fused-ring (bicyclic) bond motifs is 1. The maximum Gasteiger partial charge on any atom is 0.269 e. The predicted octanol–water partition coefficient (Wildman–Crippen LogP) is 6.86. The minimum absolute atomic E-state index is 0. The van der Waals surface area contributed by atoms with E-state index < -0.39 is 5.95 Å². The maximum absolute atomic E-state index is 14.0. The minimum Gasteiger partial charge on any atom is -0.493 e. The molecule has 0 radical (unpaired) electrons. The van der Waals surface area contributed by atoms with Crippen LogP contribution in [0.25, 0.3) is 22.2 Å². The van der Waals surface area contributed by atoms with Crippen molar-refractivity contribution in [1.82, 2.24) is 24.8 Å². The summed E-state index contributed by atoms with van der Waals surface area (Å²) in [6, 6.07) is 16.1. The number of methoxy groups -OCH3 is 1. The highest BCUT2D eigenvalue weighted by Gasteiger charge is 2.21. The second kappa shape index (κ2) is 10.9. The van der Waals surface area contributed by atoms with Crippen LogP contribution in [0.5, 0.6) is 17.2 Å². The summed E-state index contributed by atoms with van der Waals surface area (Å²) in [6.07, 6.45) is 2.98. The van der Waals surface area contributed by atoms with E-state index in [4.69, 9.17) is 14.5 Å². The van der Waals surface area contributed by atoms with Crippen LogP contribution in [0.1, 0.15) is 39.7 Å². The summed E-state index contributed by atoms with van der Waals surface area (Å²) in [5, 5.41) is 5.96. The molecule has 0 aliphatic heterocycles. The van der Waals surface area contributed by atoms with Gasteiger partial charge in [0, 0.05) is 59.3 Å². The van der Waals surface area contributed by atoms with Crippen LogP contribution in [0.2, 0.25) is 0 Å². The van der Waals surface area contributed by atoms with Crippen LogP contribution in [0.3, 0.4) is 0 Å². The number of hydrogen-bond donors (Lipinski definition) is 2. The molecule has 214 valence electrons. The Kier molecular flexibility index (Phi) is 7.32. The summed E-state index contributed by atoms with van der Waals surface area (Å²) < 4.78 is 27.6. The molecule has 3 heterocycles. The van der Waals surface area contributed by atoms with E-state index in [2.05, 4.69) is 47.4 Å². The number of anilines is 2. The summed E-state index contributed by atoms with van der Waals surface area (Å²) in [5.74, 6) is 1.13. The van der Waals surface area contributed by atoms with Crippen LogP contribution in [0.15, 0.2) is 67.0 Å². The molecule has 41 heavy (non-hydrogen) atoms. The average molecular weight is 559 g/mol. The molecule has 0 bridgehead atoms. The van der Waals surface area contributed by atoms with Crippen molar-refractivity contribution in [1.29, 1.82) is 0 Å². The second-order valence-electron chi connectivity index (χ2n) is 10.5. The van der Waals surface area contributed by atoms with Crippen molar-refractivity contribution in [3.8, 4) is 28.4 Å². The van der Waals surface area contributed by atoms with E-state index in [9.17, 15) is 9.18 Å². The minimum atomic E-state index is -0.528. The summed E-state index contributed by atoms with van der Waals surface area (Å²) in [4.78, 5) is 24.6. The maximum atomic E-state index is 14.0. The number of nitrogens with one attached hydrogen (secondary N) is 2. The summed E-state index contributed by atoms with van der Waals surface area (Å²) in [5.41, 5.74) is 5.11. The first kappa shape index (κ1) is 27.6. The molecular formula is C31H35FN6O3. The van der Waals surface area contributed by atoms with Gasteiger partial charge in [-0.15, -0.1) is 0 Å². The lowest BCUT2D eigenvalue weighted by Crippen LogP contribution is -2.18. The van der Waals surface area contributed by atoms with Gasteiger partial charge >= 0.3 is 0 Å². The number of rotatable bonds is 7. The average Bonchev–Trinajstić information content (AvgIpc) is 3.25. The van der Waals surface area contributed by atoms with Crippen molar-refractivity contribution >= 4 is 28.6 Å². The van der Waals surface area contributed by atoms with Crippen molar-refractivity contribution in [3.05, 3.63) is 84.2 Å². The number of ether oxygens (including phenoxy) is 2. The van der Waals surface area contributed by atoms with Crippen LogP contribution < -0.4 is 20.1 Å². The number of aromatic nitrogens is 4. The van der Waals surface area contributed by atoms with Crippen LogP contribution >= 0.6 is 0 Å². The van der Waals surface area contributed by atoms with E-state index in [1.807, 2.05) is 29.8 Å². The highest BCUT2D eigenvalue weighted by atomic mass is 19.1. The fraction of sp³-hybridized carbons (Fsp3) is 0.226. The number of benzene rings is 2. The number of pyridine rings is 2. The van der Waals surface area contributed by atoms with Gasteiger partial charge < -0.3 is 24.7 Å². The first-order chi connectivity index (χ1) is 19.6. The van der Waals surface area contributed by atoms with Gasteiger partial charge in [-0.1, -0.05) is 26.8 Å². The van der Waals surface area contributed by atoms with Crippen LogP contribution in [-0.4, -0.2) is 39.6 Å². The lowest BCUT2D eigenvalue weighted by Gasteiger charge is -2.24.